The van der Waals surface area contributed by atoms with E-state index >= 15 is 0 Å². The van der Waals surface area contributed by atoms with Crippen molar-refractivity contribution in [3.8, 4) is 0 Å². The maximum absolute atomic E-state index is 12.2. The van der Waals surface area contributed by atoms with E-state index in [2.05, 4.69) is 25.8 Å². The van der Waals surface area contributed by atoms with Crippen LogP contribution in [0.15, 0.2) is 9.90 Å². The van der Waals surface area contributed by atoms with Crippen LogP contribution in [0, 0.1) is 13.8 Å². The van der Waals surface area contributed by atoms with Crippen LogP contribution in [0.25, 0.3) is 10.2 Å². The van der Waals surface area contributed by atoms with Crippen molar-refractivity contribution in [1.82, 2.24) is 20.7 Å². The molecular weight excluding hydrogens is 330 g/mol. The lowest BCUT2D eigenvalue weighted by atomic mass is 10.1. The fraction of sp³-hybridized carbons (Fsp3) is 0.400. The summed E-state index contributed by atoms with van der Waals surface area (Å²) >= 11 is 1.49. The van der Waals surface area contributed by atoms with E-state index in [4.69, 9.17) is 0 Å². The molecule has 8 nitrogen and oxygen atoms in total. The van der Waals surface area contributed by atoms with E-state index in [1.54, 1.807) is 0 Å². The highest BCUT2D eigenvalue weighted by molar-refractivity contribution is 7.18. The zero-order chi connectivity index (χ0) is 17.3. The summed E-state index contributed by atoms with van der Waals surface area (Å²) in [5.41, 5.74) is 3.40. The van der Waals surface area contributed by atoms with Crippen molar-refractivity contribution in [2.75, 3.05) is 6.54 Å². The van der Waals surface area contributed by atoms with E-state index in [-0.39, 0.29) is 23.8 Å². The monoisotopic (exact) mass is 347 g/mol. The van der Waals surface area contributed by atoms with E-state index < -0.39 is 0 Å². The third kappa shape index (κ3) is 3.21. The van der Waals surface area contributed by atoms with E-state index in [1.807, 2.05) is 13.8 Å². The summed E-state index contributed by atoms with van der Waals surface area (Å²) in [4.78, 5) is 44.1. The molecule has 126 valence electrons. The number of rotatable bonds is 4. The second-order valence-corrected chi connectivity index (χ2v) is 6.78. The molecule has 0 radical (unpaired) electrons. The standard InChI is InChI=1S/C15H17N5O3S/c1-7-8(2)24-15-12(7)14(23)17-10(18-15)5-6-16-13(22)9-3-4-11(21)20-19-9/h3-6H2,1-2H3,(H,16,22)(H,20,21)(H,17,18,23). The number of H-pyrrole nitrogens is 1. The van der Waals surface area contributed by atoms with Gasteiger partial charge >= 0.3 is 0 Å². The summed E-state index contributed by atoms with van der Waals surface area (Å²) in [6, 6.07) is 0. The van der Waals surface area contributed by atoms with Crippen LogP contribution in [0.3, 0.4) is 0 Å². The van der Waals surface area contributed by atoms with Gasteiger partial charge in [0, 0.05) is 30.7 Å². The summed E-state index contributed by atoms with van der Waals surface area (Å²) in [6.07, 6.45) is 0.994. The first kappa shape index (κ1) is 16.3. The number of hydrogen-bond acceptors (Lipinski definition) is 6. The smallest absolute Gasteiger partial charge is 0.267 e. The van der Waals surface area contributed by atoms with Crippen LogP contribution >= 0.6 is 11.3 Å². The van der Waals surface area contributed by atoms with Gasteiger partial charge in [0.25, 0.3) is 11.5 Å². The van der Waals surface area contributed by atoms with Crippen molar-refractivity contribution >= 4 is 39.1 Å². The highest BCUT2D eigenvalue weighted by Gasteiger charge is 2.18. The number of amides is 2. The molecule has 9 heteroatoms. The third-order valence-electron chi connectivity index (χ3n) is 3.90. The van der Waals surface area contributed by atoms with Crippen LogP contribution in [0.5, 0.6) is 0 Å². The van der Waals surface area contributed by atoms with Gasteiger partial charge in [0.1, 0.15) is 16.4 Å². The van der Waals surface area contributed by atoms with Gasteiger partial charge in [0.2, 0.25) is 5.91 Å². The van der Waals surface area contributed by atoms with Gasteiger partial charge in [-0.25, -0.2) is 10.4 Å². The van der Waals surface area contributed by atoms with Gasteiger partial charge in [0.15, 0.2) is 0 Å². The van der Waals surface area contributed by atoms with Gasteiger partial charge in [0.05, 0.1) is 5.39 Å². The third-order valence-corrected chi connectivity index (χ3v) is 5.00. The lowest BCUT2D eigenvalue weighted by Crippen LogP contribution is -2.37. The van der Waals surface area contributed by atoms with Crippen LogP contribution in [0.1, 0.15) is 29.1 Å². The Bertz CT molecular complexity index is 912. The van der Waals surface area contributed by atoms with Crippen LogP contribution in [-0.4, -0.2) is 34.0 Å². The Hall–Kier alpha value is -2.55. The average Bonchev–Trinajstić information content (AvgIpc) is 2.83. The molecule has 0 saturated heterocycles. The number of hydrogen-bond donors (Lipinski definition) is 3. The number of fused-ring (bicyclic) bond motifs is 1. The molecule has 1 aliphatic heterocycles. The number of thiophene rings is 1. The van der Waals surface area contributed by atoms with E-state index in [0.29, 0.717) is 36.3 Å². The number of aromatic nitrogens is 2. The molecule has 0 bridgehead atoms. The van der Waals surface area contributed by atoms with Gasteiger partial charge in [-0.2, -0.15) is 5.10 Å². The first-order valence-corrected chi connectivity index (χ1v) is 8.40. The maximum atomic E-state index is 12.2. The molecule has 0 spiro atoms. The predicted molar refractivity (Wildman–Crippen MR) is 91.2 cm³/mol. The number of aryl methyl sites for hydroxylation is 2. The molecule has 3 rings (SSSR count). The van der Waals surface area contributed by atoms with Gasteiger partial charge in [-0.05, 0) is 19.4 Å². The molecule has 0 atom stereocenters. The van der Waals surface area contributed by atoms with Crippen molar-refractivity contribution in [2.24, 2.45) is 5.10 Å². The maximum Gasteiger partial charge on any atom is 0.267 e. The number of hydrazone groups is 1. The fourth-order valence-electron chi connectivity index (χ4n) is 2.45. The van der Waals surface area contributed by atoms with Gasteiger partial charge in [-0.1, -0.05) is 0 Å². The quantitative estimate of drug-likeness (QED) is 0.748. The van der Waals surface area contributed by atoms with Crippen molar-refractivity contribution in [3.05, 3.63) is 26.6 Å². The van der Waals surface area contributed by atoms with E-state index in [0.717, 1.165) is 15.3 Å². The first-order valence-electron chi connectivity index (χ1n) is 7.58. The zero-order valence-corrected chi connectivity index (χ0v) is 14.2. The molecule has 0 aromatic carbocycles. The molecule has 1 aliphatic rings. The van der Waals surface area contributed by atoms with Crippen LogP contribution in [0.2, 0.25) is 0 Å². The molecule has 0 aliphatic carbocycles. The second-order valence-electron chi connectivity index (χ2n) is 5.58. The predicted octanol–water partition coefficient (Wildman–Crippen LogP) is 0.526. The fourth-order valence-corrected chi connectivity index (χ4v) is 3.50. The number of nitrogens with one attached hydrogen (secondary N) is 3. The summed E-state index contributed by atoms with van der Waals surface area (Å²) in [5, 5.41) is 7.09. The molecule has 0 unspecified atom stereocenters. The van der Waals surface area contributed by atoms with Crippen molar-refractivity contribution in [1.29, 1.82) is 0 Å². The number of carbonyl (C=O) groups excluding carboxylic acids is 2. The molecule has 2 aromatic rings. The minimum Gasteiger partial charge on any atom is -0.350 e. The number of aromatic amines is 1. The van der Waals surface area contributed by atoms with Gasteiger partial charge in [-0.3, -0.25) is 14.4 Å². The molecule has 3 heterocycles. The Morgan fingerprint density at radius 1 is 1.29 bits per heavy atom. The lowest BCUT2D eigenvalue weighted by molar-refractivity contribution is -0.121. The topological polar surface area (TPSA) is 116 Å². The van der Waals surface area contributed by atoms with Crippen molar-refractivity contribution in [2.45, 2.75) is 33.1 Å². The first-order chi connectivity index (χ1) is 11.5. The SMILES string of the molecule is Cc1sc2nc(CCNC(=O)C3=NNC(=O)CC3)[nH]c(=O)c2c1C. The largest absolute Gasteiger partial charge is 0.350 e. The van der Waals surface area contributed by atoms with Gasteiger partial charge < -0.3 is 10.3 Å². The summed E-state index contributed by atoms with van der Waals surface area (Å²) < 4.78 is 0. The minimum absolute atomic E-state index is 0.150. The molecule has 2 aromatic heterocycles. The van der Waals surface area contributed by atoms with Crippen molar-refractivity contribution < 1.29 is 9.59 Å². The van der Waals surface area contributed by atoms with E-state index in [9.17, 15) is 14.4 Å². The molecular formula is C15H17N5O3S. The van der Waals surface area contributed by atoms with Crippen LogP contribution in [-0.2, 0) is 16.0 Å². The normalized spacial score (nSPS) is 14.4. The highest BCUT2D eigenvalue weighted by atomic mass is 32.1. The Morgan fingerprint density at radius 3 is 2.79 bits per heavy atom. The average molecular weight is 347 g/mol. The number of carbonyl (C=O) groups is 2. The van der Waals surface area contributed by atoms with Gasteiger partial charge in [-0.15, -0.1) is 11.3 Å². The molecule has 0 fully saturated rings. The van der Waals surface area contributed by atoms with E-state index in [1.165, 1.54) is 11.3 Å². The zero-order valence-electron chi connectivity index (χ0n) is 13.4. The number of nitrogens with zero attached hydrogens (tertiary/aromatic N) is 2. The summed E-state index contributed by atoms with van der Waals surface area (Å²) in [6.45, 7) is 4.20. The Morgan fingerprint density at radius 2 is 2.08 bits per heavy atom. The lowest BCUT2D eigenvalue weighted by Gasteiger charge is -2.11. The summed E-state index contributed by atoms with van der Waals surface area (Å²) in [5.74, 6) is 0.0253. The Balaban J connectivity index is 1.65. The molecule has 0 saturated carbocycles. The molecule has 24 heavy (non-hydrogen) atoms. The van der Waals surface area contributed by atoms with Crippen LogP contribution in [0.4, 0.5) is 0 Å². The highest BCUT2D eigenvalue weighted by Crippen LogP contribution is 2.25. The van der Waals surface area contributed by atoms with Crippen molar-refractivity contribution in [3.63, 3.8) is 0 Å². The Labute approximate surface area is 141 Å². The minimum atomic E-state index is -0.318. The van der Waals surface area contributed by atoms with Crippen LogP contribution < -0.4 is 16.3 Å². The molecule has 3 N–H and O–H groups in total. The summed E-state index contributed by atoms with van der Waals surface area (Å²) in [7, 11) is 0. The second kappa shape index (κ2) is 6.52. The molecule has 2 amide bonds. The Kier molecular flexibility index (Phi) is 4.43.